The highest BCUT2D eigenvalue weighted by Gasteiger charge is 2.23. The van der Waals surface area contributed by atoms with Crippen molar-refractivity contribution < 1.29 is 0 Å². The fraction of sp³-hybridized carbons (Fsp3) is 0.263. The lowest BCUT2D eigenvalue weighted by atomic mass is 9.92. The fourth-order valence-corrected chi connectivity index (χ4v) is 2.83. The van der Waals surface area contributed by atoms with Gasteiger partial charge in [-0.1, -0.05) is 51.1 Å². The zero-order valence-corrected chi connectivity index (χ0v) is 13.9. The molecule has 0 saturated carbocycles. The summed E-state index contributed by atoms with van der Waals surface area (Å²) in [6.45, 7) is 8.24. The number of benzene rings is 1. The minimum absolute atomic E-state index is 0.105. The lowest BCUT2D eigenvalue weighted by Crippen LogP contribution is -2.12. The van der Waals surface area contributed by atoms with Gasteiger partial charge in [-0.3, -0.25) is 0 Å². The summed E-state index contributed by atoms with van der Waals surface area (Å²) < 4.78 is 1.70. The van der Waals surface area contributed by atoms with E-state index in [0.717, 1.165) is 27.9 Å². The minimum Gasteiger partial charge on any atom is -0.383 e. The molecule has 0 aliphatic rings. The molecule has 0 aliphatic carbocycles. The van der Waals surface area contributed by atoms with E-state index in [1.165, 1.54) is 0 Å². The molecule has 0 radical (unpaired) electrons. The number of nitrogens with zero attached hydrogens (tertiary/aromatic N) is 3. The van der Waals surface area contributed by atoms with Gasteiger partial charge in [-0.05, 0) is 24.1 Å². The van der Waals surface area contributed by atoms with Gasteiger partial charge in [0.15, 0.2) is 0 Å². The first-order chi connectivity index (χ1) is 10.8. The number of pyridine rings is 1. The van der Waals surface area contributed by atoms with Crippen molar-refractivity contribution in [1.82, 2.24) is 9.61 Å². The Kier molecular flexibility index (Phi) is 3.37. The van der Waals surface area contributed by atoms with Crippen LogP contribution in [-0.4, -0.2) is 9.61 Å². The van der Waals surface area contributed by atoms with Gasteiger partial charge >= 0.3 is 0 Å². The molecule has 0 bridgehead atoms. The quantitative estimate of drug-likeness (QED) is 0.737. The second kappa shape index (κ2) is 5.13. The highest BCUT2D eigenvalue weighted by atomic mass is 15.3. The van der Waals surface area contributed by atoms with Crippen molar-refractivity contribution in [3.8, 4) is 17.2 Å². The molecule has 23 heavy (non-hydrogen) atoms. The Morgan fingerprint density at radius 3 is 2.39 bits per heavy atom. The minimum atomic E-state index is -0.105. The molecule has 116 valence electrons. The standard InChI is InChI=1S/C19H20N4/c1-12-14(11-20)15-10-16(19(2,3)4)22-23(15)18(21)17(12)13-8-6-5-7-9-13/h5-10H,21H2,1-4H3. The average molecular weight is 304 g/mol. The van der Waals surface area contributed by atoms with E-state index in [4.69, 9.17) is 5.73 Å². The summed E-state index contributed by atoms with van der Waals surface area (Å²) in [5, 5.41) is 14.3. The van der Waals surface area contributed by atoms with E-state index < -0.39 is 0 Å². The van der Waals surface area contributed by atoms with Crippen LogP contribution in [0.15, 0.2) is 36.4 Å². The third-order valence-electron chi connectivity index (χ3n) is 4.14. The summed E-state index contributed by atoms with van der Waals surface area (Å²) in [5.41, 5.74) is 11.4. The molecule has 0 atom stereocenters. The Hall–Kier alpha value is -2.80. The molecule has 0 amide bonds. The second-order valence-electron chi connectivity index (χ2n) is 6.81. The van der Waals surface area contributed by atoms with Crippen molar-refractivity contribution in [2.24, 2.45) is 0 Å². The number of hydrogen-bond donors (Lipinski definition) is 1. The van der Waals surface area contributed by atoms with Gasteiger partial charge in [0, 0.05) is 11.0 Å². The third kappa shape index (κ3) is 2.35. The molecule has 4 heteroatoms. The number of anilines is 1. The summed E-state index contributed by atoms with van der Waals surface area (Å²) in [6, 6.07) is 14.2. The Morgan fingerprint density at radius 2 is 1.83 bits per heavy atom. The molecule has 0 aliphatic heterocycles. The molecule has 2 aromatic heterocycles. The monoisotopic (exact) mass is 304 g/mol. The third-order valence-corrected chi connectivity index (χ3v) is 4.14. The van der Waals surface area contributed by atoms with Crippen molar-refractivity contribution in [3.63, 3.8) is 0 Å². The molecule has 0 fully saturated rings. The maximum atomic E-state index is 9.66. The molecular weight excluding hydrogens is 284 g/mol. The van der Waals surface area contributed by atoms with Crippen LogP contribution < -0.4 is 5.73 Å². The number of hydrogen-bond acceptors (Lipinski definition) is 3. The maximum Gasteiger partial charge on any atom is 0.133 e. The van der Waals surface area contributed by atoms with Gasteiger partial charge < -0.3 is 5.73 Å². The van der Waals surface area contributed by atoms with E-state index in [1.807, 2.05) is 43.3 Å². The Labute approximate surface area is 136 Å². The lowest BCUT2D eigenvalue weighted by Gasteiger charge is -2.14. The zero-order valence-electron chi connectivity index (χ0n) is 13.9. The SMILES string of the molecule is Cc1c(-c2ccccc2)c(N)n2nc(C(C)(C)C)cc2c1C#N. The smallest absolute Gasteiger partial charge is 0.133 e. The maximum absolute atomic E-state index is 9.66. The number of nitrogen functional groups attached to an aromatic ring is 1. The Bertz CT molecular complexity index is 922. The van der Waals surface area contributed by atoms with Crippen LogP contribution >= 0.6 is 0 Å². The van der Waals surface area contributed by atoms with Crippen LogP contribution in [0.3, 0.4) is 0 Å². The van der Waals surface area contributed by atoms with Crippen LogP contribution in [0.2, 0.25) is 0 Å². The van der Waals surface area contributed by atoms with Gasteiger partial charge in [-0.2, -0.15) is 10.4 Å². The first kappa shape index (κ1) is 15.1. The highest BCUT2D eigenvalue weighted by molar-refractivity contribution is 5.84. The van der Waals surface area contributed by atoms with E-state index in [2.05, 4.69) is 31.9 Å². The van der Waals surface area contributed by atoms with Gasteiger partial charge in [0.05, 0.1) is 16.8 Å². The van der Waals surface area contributed by atoms with E-state index in [1.54, 1.807) is 4.52 Å². The van der Waals surface area contributed by atoms with Crippen LogP contribution in [0.1, 0.15) is 37.6 Å². The molecule has 0 spiro atoms. The summed E-state index contributed by atoms with van der Waals surface area (Å²) in [7, 11) is 0. The molecule has 4 nitrogen and oxygen atoms in total. The lowest BCUT2D eigenvalue weighted by molar-refractivity contribution is 0.563. The summed E-state index contributed by atoms with van der Waals surface area (Å²) in [5.74, 6) is 0.568. The first-order valence-electron chi connectivity index (χ1n) is 7.62. The van der Waals surface area contributed by atoms with Crippen molar-refractivity contribution >= 4 is 11.3 Å². The van der Waals surface area contributed by atoms with Crippen molar-refractivity contribution in [3.05, 3.63) is 53.2 Å². The van der Waals surface area contributed by atoms with Gasteiger partial charge in [0.1, 0.15) is 11.9 Å². The van der Waals surface area contributed by atoms with Gasteiger partial charge in [-0.15, -0.1) is 0 Å². The molecule has 2 heterocycles. The molecule has 3 aromatic rings. The first-order valence-corrected chi connectivity index (χ1v) is 7.62. The van der Waals surface area contributed by atoms with Crippen LogP contribution in [0.25, 0.3) is 16.6 Å². The average Bonchev–Trinajstić information content (AvgIpc) is 2.94. The molecule has 1 aromatic carbocycles. The summed E-state index contributed by atoms with van der Waals surface area (Å²) >= 11 is 0. The molecule has 3 rings (SSSR count). The Morgan fingerprint density at radius 1 is 1.17 bits per heavy atom. The molecule has 0 unspecified atom stereocenters. The van der Waals surface area contributed by atoms with Crippen molar-refractivity contribution in [1.29, 1.82) is 5.26 Å². The van der Waals surface area contributed by atoms with Crippen molar-refractivity contribution in [2.45, 2.75) is 33.1 Å². The number of nitrogens with two attached hydrogens (primary N) is 1. The predicted molar refractivity (Wildman–Crippen MR) is 93.2 cm³/mol. The normalized spacial score (nSPS) is 11.6. The van der Waals surface area contributed by atoms with E-state index >= 15 is 0 Å². The molecular formula is C19H20N4. The van der Waals surface area contributed by atoms with Crippen LogP contribution in [0.5, 0.6) is 0 Å². The topological polar surface area (TPSA) is 67.1 Å². The summed E-state index contributed by atoms with van der Waals surface area (Å²) in [6.07, 6.45) is 0. The van der Waals surface area contributed by atoms with E-state index in [9.17, 15) is 5.26 Å². The van der Waals surface area contributed by atoms with Gasteiger partial charge in [-0.25, -0.2) is 4.52 Å². The Balaban J connectivity index is 2.43. The largest absolute Gasteiger partial charge is 0.383 e. The van der Waals surface area contributed by atoms with Crippen molar-refractivity contribution in [2.75, 3.05) is 5.73 Å². The van der Waals surface area contributed by atoms with Crippen LogP contribution in [0.4, 0.5) is 5.82 Å². The van der Waals surface area contributed by atoms with Gasteiger partial charge in [0.2, 0.25) is 0 Å². The zero-order chi connectivity index (χ0) is 16.8. The second-order valence-corrected chi connectivity index (χ2v) is 6.81. The highest BCUT2D eigenvalue weighted by Crippen LogP contribution is 2.35. The van der Waals surface area contributed by atoms with E-state index in [0.29, 0.717) is 11.4 Å². The van der Waals surface area contributed by atoms with Crippen LogP contribution in [-0.2, 0) is 5.41 Å². The van der Waals surface area contributed by atoms with E-state index in [-0.39, 0.29) is 5.41 Å². The van der Waals surface area contributed by atoms with Gasteiger partial charge in [0.25, 0.3) is 0 Å². The fourth-order valence-electron chi connectivity index (χ4n) is 2.83. The number of fused-ring (bicyclic) bond motifs is 1. The molecule has 0 saturated heterocycles. The number of nitriles is 1. The van der Waals surface area contributed by atoms with Crippen LogP contribution in [0, 0.1) is 18.3 Å². The predicted octanol–water partition coefficient (Wildman–Crippen LogP) is 4.06. The summed E-state index contributed by atoms with van der Waals surface area (Å²) in [4.78, 5) is 0. The number of aromatic nitrogens is 2. The number of rotatable bonds is 1. The molecule has 2 N–H and O–H groups in total.